The quantitative estimate of drug-likeness (QED) is 0.833. The maximum absolute atomic E-state index is 13.2. The molecule has 0 bridgehead atoms. The molecular weight excluding hydrogens is 346 g/mol. The molecule has 1 aromatic carbocycles. The summed E-state index contributed by atoms with van der Waals surface area (Å²) < 4.78 is 0. The van der Waals surface area contributed by atoms with Crippen LogP contribution in [0.5, 0.6) is 0 Å². The van der Waals surface area contributed by atoms with Crippen LogP contribution in [0.2, 0.25) is 0 Å². The standard InChI is InChI=1S/C22H32N2O.C2H7N/c1-17-7-2-3-9-19(17)15-23(20-12-13-20)16-22(25)24-14-6-10-18-8-4-5-11-21(18)24;1-3-2/h2-3,7,9,18,20-21H,4-6,8,10-16H2,1H3;3H,1-2H3/t18?,21-;/m0./s1. The number of nitrogens with one attached hydrogen (secondary N) is 1. The number of carbonyl (C=O) groups is 1. The van der Waals surface area contributed by atoms with Crippen molar-refractivity contribution in [3.63, 3.8) is 0 Å². The Morgan fingerprint density at radius 3 is 2.46 bits per heavy atom. The highest BCUT2D eigenvalue weighted by Gasteiger charge is 2.37. The predicted octanol–water partition coefficient (Wildman–Crippen LogP) is 3.98. The fraction of sp³-hybridized carbons (Fsp3) is 0.708. The highest BCUT2D eigenvalue weighted by Crippen LogP contribution is 2.36. The molecule has 3 aliphatic rings. The smallest absolute Gasteiger partial charge is 0.237 e. The first-order valence-corrected chi connectivity index (χ1v) is 11.3. The third-order valence-corrected chi connectivity index (χ3v) is 6.60. The van der Waals surface area contributed by atoms with Crippen molar-refractivity contribution in [2.45, 2.75) is 76.9 Å². The van der Waals surface area contributed by atoms with Crippen LogP contribution in [-0.4, -0.2) is 55.0 Å². The molecule has 2 aliphatic carbocycles. The van der Waals surface area contributed by atoms with Gasteiger partial charge in [0.2, 0.25) is 5.91 Å². The first-order valence-electron chi connectivity index (χ1n) is 11.3. The van der Waals surface area contributed by atoms with Gasteiger partial charge in [-0.2, -0.15) is 0 Å². The van der Waals surface area contributed by atoms with Crippen molar-refractivity contribution in [3.8, 4) is 0 Å². The molecule has 1 amide bonds. The van der Waals surface area contributed by atoms with Gasteiger partial charge in [0.25, 0.3) is 0 Å². The minimum Gasteiger partial charge on any atom is -0.338 e. The van der Waals surface area contributed by atoms with Crippen molar-refractivity contribution in [1.29, 1.82) is 0 Å². The topological polar surface area (TPSA) is 35.6 Å². The number of hydrogen-bond donors (Lipinski definition) is 1. The summed E-state index contributed by atoms with van der Waals surface area (Å²) in [6.45, 7) is 4.70. The van der Waals surface area contributed by atoms with E-state index in [9.17, 15) is 4.79 Å². The zero-order chi connectivity index (χ0) is 19.9. The van der Waals surface area contributed by atoms with E-state index in [1.165, 1.54) is 62.5 Å². The molecule has 1 heterocycles. The Morgan fingerprint density at radius 2 is 1.75 bits per heavy atom. The van der Waals surface area contributed by atoms with E-state index >= 15 is 0 Å². The van der Waals surface area contributed by atoms with Crippen LogP contribution in [-0.2, 0) is 11.3 Å². The van der Waals surface area contributed by atoms with Crippen LogP contribution in [0.3, 0.4) is 0 Å². The van der Waals surface area contributed by atoms with Gasteiger partial charge >= 0.3 is 0 Å². The van der Waals surface area contributed by atoms with E-state index in [1.807, 2.05) is 14.1 Å². The average Bonchev–Trinajstić information content (AvgIpc) is 3.54. The fourth-order valence-corrected chi connectivity index (χ4v) is 4.96. The van der Waals surface area contributed by atoms with E-state index in [4.69, 9.17) is 0 Å². The number of nitrogens with zero attached hydrogens (tertiary/aromatic N) is 2. The Labute approximate surface area is 171 Å². The Hall–Kier alpha value is -1.39. The second kappa shape index (κ2) is 10.4. The monoisotopic (exact) mass is 385 g/mol. The van der Waals surface area contributed by atoms with Gasteiger partial charge in [-0.1, -0.05) is 37.1 Å². The molecule has 0 aromatic heterocycles. The second-order valence-electron chi connectivity index (χ2n) is 8.90. The van der Waals surface area contributed by atoms with Crippen molar-refractivity contribution < 1.29 is 4.79 Å². The fourth-order valence-electron chi connectivity index (χ4n) is 4.96. The second-order valence-corrected chi connectivity index (χ2v) is 8.90. The number of carbonyl (C=O) groups excluding carboxylic acids is 1. The number of likely N-dealkylation sites (tertiary alicyclic amines) is 1. The summed E-state index contributed by atoms with van der Waals surface area (Å²) in [6.07, 6.45) is 10.3. The molecule has 1 aliphatic heterocycles. The van der Waals surface area contributed by atoms with E-state index in [1.54, 1.807) is 0 Å². The molecule has 1 unspecified atom stereocenters. The summed E-state index contributed by atoms with van der Waals surface area (Å²) in [6, 6.07) is 9.77. The Morgan fingerprint density at radius 1 is 1.07 bits per heavy atom. The van der Waals surface area contributed by atoms with Crippen LogP contribution in [0, 0.1) is 12.8 Å². The third kappa shape index (κ3) is 5.57. The number of rotatable bonds is 5. The molecule has 156 valence electrons. The van der Waals surface area contributed by atoms with Gasteiger partial charge in [0, 0.05) is 25.2 Å². The number of fused-ring (bicyclic) bond motifs is 1. The summed E-state index contributed by atoms with van der Waals surface area (Å²) >= 11 is 0. The number of benzene rings is 1. The van der Waals surface area contributed by atoms with Crippen LogP contribution in [0.1, 0.15) is 62.5 Å². The van der Waals surface area contributed by atoms with E-state index < -0.39 is 0 Å². The molecule has 4 nitrogen and oxygen atoms in total. The van der Waals surface area contributed by atoms with Crippen molar-refractivity contribution in [2.24, 2.45) is 5.92 Å². The van der Waals surface area contributed by atoms with Crippen LogP contribution >= 0.6 is 0 Å². The zero-order valence-corrected chi connectivity index (χ0v) is 18.1. The lowest BCUT2D eigenvalue weighted by atomic mass is 9.78. The first kappa shape index (κ1) is 21.3. The van der Waals surface area contributed by atoms with Crippen LogP contribution in [0.25, 0.3) is 0 Å². The average molecular weight is 386 g/mol. The number of amides is 1. The van der Waals surface area contributed by atoms with Crippen LogP contribution < -0.4 is 5.32 Å². The van der Waals surface area contributed by atoms with Gasteiger partial charge in [0.15, 0.2) is 0 Å². The van der Waals surface area contributed by atoms with Crippen molar-refractivity contribution >= 4 is 5.91 Å². The molecular formula is C24H39N3O. The van der Waals surface area contributed by atoms with Gasteiger partial charge in [0.05, 0.1) is 6.54 Å². The highest BCUT2D eigenvalue weighted by atomic mass is 16.2. The summed E-state index contributed by atoms with van der Waals surface area (Å²) in [4.78, 5) is 17.9. The van der Waals surface area contributed by atoms with E-state index in [0.717, 1.165) is 19.0 Å². The molecule has 0 spiro atoms. The van der Waals surface area contributed by atoms with Crippen molar-refractivity contribution in [1.82, 2.24) is 15.1 Å². The lowest BCUT2D eigenvalue weighted by Crippen LogP contribution is -2.52. The highest BCUT2D eigenvalue weighted by molar-refractivity contribution is 5.79. The molecule has 1 N–H and O–H groups in total. The normalized spacial score (nSPS) is 24.4. The molecule has 28 heavy (non-hydrogen) atoms. The van der Waals surface area contributed by atoms with E-state index in [-0.39, 0.29) is 0 Å². The van der Waals surface area contributed by atoms with E-state index in [2.05, 4.69) is 46.3 Å². The maximum Gasteiger partial charge on any atom is 0.237 e. The number of piperidine rings is 1. The van der Waals surface area contributed by atoms with Gasteiger partial charge in [0.1, 0.15) is 0 Å². The summed E-state index contributed by atoms with van der Waals surface area (Å²) in [7, 11) is 3.75. The molecule has 0 radical (unpaired) electrons. The van der Waals surface area contributed by atoms with E-state index in [0.29, 0.717) is 24.5 Å². The van der Waals surface area contributed by atoms with Gasteiger partial charge in [-0.15, -0.1) is 0 Å². The molecule has 3 fully saturated rings. The van der Waals surface area contributed by atoms with Gasteiger partial charge < -0.3 is 10.2 Å². The summed E-state index contributed by atoms with van der Waals surface area (Å²) in [5, 5.41) is 2.75. The number of aryl methyl sites for hydroxylation is 1. The maximum atomic E-state index is 13.2. The summed E-state index contributed by atoms with van der Waals surface area (Å²) in [5.74, 6) is 1.16. The Bertz CT molecular complexity index is 626. The largest absolute Gasteiger partial charge is 0.338 e. The Kier molecular flexibility index (Phi) is 7.92. The van der Waals surface area contributed by atoms with Crippen molar-refractivity contribution in [3.05, 3.63) is 35.4 Å². The Balaban J connectivity index is 0.000000706. The third-order valence-electron chi connectivity index (χ3n) is 6.60. The molecule has 2 saturated carbocycles. The SMILES string of the molecule is CNC.Cc1ccccc1CN(CC(=O)N1CCCC2CCCC[C@@H]21)C1CC1. The lowest BCUT2D eigenvalue weighted by Gasteiger charge is -2.44. The van der Waals surface area contributed by atoms with Crippen molar-refractivity contribution in [2.75, 3.05) is 27.2 Å². The van der Waals surface area contributed by atoms with Crippen LogP contribution in [0.4, 0.5) is 0 Å². The van der Waals surface area contributed by atoms with Gasteiger partial charge in [-0.3, -0.25) is 9.69 Å². The minimum atomic E-state index is 0.386. The minimum absolute atomic E-state index is 0.386. The number of hydrogen-bond acceptors (Lipinski definition) is 3. The lowest BCUT2D eigenvalue weighted by molar-refractivity contribution is -0.139. The molecule has 1 aromatic rings. The molecule has 1 saturated heterocycles. The molecule has 4 rings (SSSR count). The van der Waals surface area contributed by atoms with Crippen LogP contribution in [0.15, 0.2) is 24.3 Å². The molecule has 2 atom stereocenters. The molecule has 4 heteroatoms. The van der Waals surface area contributed by atoms with Gasteiger partial charge in [-0.25, -0.2) is 0 Å². The van der Waals surface area contributed by atoms with Gasteiger partial charge in [-0.05, 0) is 76.6 Å². The summed E-state index contributed by atoms with van der Waals surface area (Å²) in [5.41, 5.74) is 2.71. The predicted molar refractivity (Wildman–Crippen MR) is 116 cm³/mol. The first-order chi connectivity index (χ1) is 13.6. The zero-order valence-electron chi connectivity index (χ0n) is 18.1.